The summed E-state index contributed by atoms with van der Waals surface area (Å²) in [6.07, 6.45) is 2.38. The second kappa shape index (κ2) is 4.23. The summed E-state index contributed by atoms with van der Waals surface area (Å²) < 4.78 is 4.20. The first kappa shape index (κ1) is 9.86. The number of hydrogen-bond acceptors (Lipinski definition) is 5. The zero-order valence-electron chi connectivity index (χ0n) is 8.44. The van der Waals surface area contributed by atoms with Gasteiger partial charge in [-0.1, -0.05) is 0 Å². The second-order valence-corrected chi connectivity index (χ2v) is 4.53. The Morgan fingerprint density at radius 1 is 1.64 bits per heavy atom. The molecule has 0 bridgehead atoms. The number of rotatable bonds is 3. The van der Waals surface area contributed by atoms with Crippen LogP contribution in [0.5, 0.6) is 0 Å². The summed E-state index contributed by atoms with van der Waals surface area (Å²) >= 11 is 1.50. The van der Waals surface area contributed by atoms with E-state index in [9.17, 15) is 0 Å². The third kappa shape index (κ3) is 2.04. The van der Waals surface area contributed by atoms with E-state index in [4.69, 9.17) is 5.73 Å². The molecule has 1 aromatic heterocycles. The maximum absolute atomic E-state index is 5.55. The maximum Gasteiger partial charge on any atom is 0.205 e. The van der Waals surface area contributed by atoms with E-state index >= 15 is 0 Å². The minimum absolute atomic E-state index is 0.754. The van der Waals surface area contributed by atoms with Gasteiger partial charge < -0.3 is 10.6 Å². The van der Waals surface area contributed by atoms with Crippen molar-refractivity contribution in [1.82, 2.24) is 9.36 Å². The number of anilines is 1. The van der Waals surface area contributed by atoms with Gasteiger partial charge in [0.25, 0.3) is 0 Å². The molecule has 1 unspecified atom stereocenters. The van der Waals surface area contributed by atoms with E-state index in [2.05, 4.69) is 14.3 Å². The molecule has 2 N–H and O–H groups in total. The van der Waals surface area contributed by atoms with Crippen molar-refractivity contribution in [2.24, 2.45) is 11.7 Å². The van der Waals surface area contributed by atoms with Crippen LogP contribution in [0.4, 0.5) is 5.13 Å². The Labute approximate surface area is 88.3 Å². The molecule has 1 atom stereocenters. The zero-order valence-corrected chi connectivity index (χ0v) is 9.26. The van der Waals surface area contributed by atoms with Crippen LogP contribution in [0.1, 0.15) is 18.7 Å². The Morgan fingerprint density at radius 3 is 3.14 bits per heavy atom. The van der Waals surface area contributed by atoms with Gasteiger partial charge in [-0.15, -0.1) is 0 Å². The predicted octanol–water partition coefficient (Wildman–Crippen LogP) is 1.02. The Morgan fingerprint density at radius 2 is 2.50 bits per heavy atom. The predicted molar refractivity (Wildman–Crippen MR) is 58.6 cm³/mol. The third-order valence-corrected chi connectivity index (χ3v) is 3.52. The van der Waals surface area contributed by atoms with Gasteiger partial charge in [0.1, 0.15) is 5.82 Å². The summed E-state index contributed by atoms with van der Waals surface area (Å²) in [4.78, 5) is 6.71. The average molecular weight is 212 g/mol. The molecule has 0 aromatic carbocycles. The van der Waals surface area contributed by atoms with Crippen LogP contribution >= 0.6 is 11.5 Å². The SMILES string of the molecule is Cc1nsc(N2CCC(CCN)C2)n1. The maximum atomic E-state index is 5.55. The molecule has 4 nitrogen and oxygen atoms in total. The Bertz CT molecular complexity index is 299. The zero-order chi connectivity index (χ0) is 9.97. The van der Waals surface area contributed by atoms with Crippen molar-refractivity contribution in [1.29, 1.82) is 0 Å². The van der Waals surface area contributed by atoms with Crippen LogP contribution in [-0.2, 0) is 0 Å². The van der Waals surface area contributed by atoms with Gasteiger partial charge in [-0.3, -0.25) is 0 Å². The topological polar surface area (TPSA) is 55.0 Å². The molecule has 78 valence electrons. The van der Waals surface area contributed by atoms with Crippen molar-refractivity contribution in [3.05, 3.63) is 5.82 Å². The first-order valence-electron chi connectivity index (χ1n) is 5.05. The van der Waals surface area contributed by atoms with Gasteiger partial charge in [-0.25, -0.2) is 4.98 Å². The largest absolute Gasteiger partial charge is 0.347 e. The lowest BCUT2D eigenvalue weighted by Gasteiger charge is -2.13. The summed E-state index contributed by atoms with van der Waals surface area (Å²) in [7, 11) is 0. The van der Waals surface area contributed by atoms with Crippen LogP contribution in [-0.4, -0.2) is 29.0 Å². The average Bonchev–Trinajstić information content (AvgIpc) is 2.74. The Kier molecular flexibility index (Phi) is 2.98. The molecule has 2 rings (SSSR count). The van der Waals surface area contributed by atoms with Crippen molar-refractivity contribution >= 4 is 16.7 Å². The molecular weight excluding hydrogens is 196 g/mol. The van der Waals surface area contributed by atoms with Crippen LogP contribution in [0.2, 0.25) is 0 Å². The van der Waals surface area contributed by atoms with Crippen molar-refractivity contribution < 1.29 is 0 Å². The molecule has 14 heavy (non-hydrogen) atoms. The fraction of sp³-hybridized carbons (Fsp3) is 0.778. The first-order valence-corrected chi connectivity index (χ1v) is 5.82. The minimum atomic E-state index is 0.754. The van der Waals surface area contributed by atoms with Gasteiger partial charge in [0.15, 0.2) is 0 Å². The van der Waals surface area contributed by atoms with Crippen molar-refractivity contribution in [2.75, 3.05) is 24.5 Å². The fourth-order valence-electron chi connectivity index (χ4n) is 1.89. The van der Waals surface area contributed by atoms with Crippen molar-refractivity contribution in [3.63, 3.8) is 0 Å². The lowest BCUT2D eigenvalue weighted by Crippen LogP contribution is -2.20. The summed E-state index contributed by atoms with van der Waals surface area (Å²) in [6, 6.07) is 0. The molecule has 1 aromatic rings. The van der Waals surface area contributed by atoms with E-state index in [0.717, 1.165) is 42.9 Å². The normalized spacial score (nSPS) is 21.9. The Hall–Kier alpha value is -0.680. The summed E-state index contributed by atoms with van der Waals surface area (Å²) in [6.45, 7) is 4.95. The van der Waals surface area contributed by atoms with E-state index in [-0.39, 0.29) is 0 Å². The molecule has 0 saturated carbocycles. The molecule has 0 radical (unpaired) electrons. The van der Waals surface area contributed by atoms with Crippen LogP contribution in [0.3, 0.4) is 0 Å². The highest BCUT2D eigenvalue weighted by Gasteiger charge is 2.23. The van der Waals surface area contributed by atoms with Gasteiger partial charge in [-0.2, -0.15) is 4.37 Å². The van der Waals surface area contributed by atoms with Gasteiger partial charge in [0.05, 0.1) is 0 Å². The third-order valence-electron chi connectivity index (χ3n) is 2.65. The van der Waals surface area contributed by atoms with Gasteiger partial charge in [-0.05, 0) is 32.2 Å². The molecule has 1 aliphatic rings. The summed E-state index contributed by atoms with van der Waals surface area (Å²) in [5.74, 6) is 1.64. The lowest BCUT2D eigenvalue weighted by atomic mass is 10.1. The standard InChI is InChI=1S/C9H16N4S/c1-7-11-9(14-12-7)13-5-3-8(6-13)2-4-10/h8H,2-6,10H2,1H3. The first-order chi connectivity index (χ1) is 6.79. The minimum Gasteiger partial charge on any atom is -0.347 e. The number of aryl methyl sites for hydroxylation is 1. The van der Waals surface area contributed by atoms with Crippen LogP contribution in [0.25, 0.3) is 0 Å². The van der Waals surface area contributed by atoms with Gasteiger partial charge in [0, 0.05) is 24.6 Å². The highest BCUT2D eigenvalue weighted by Crippen LogP contribution is 2.26. The molecule has 1 fully saturated rings. The van der Waals surface area contributed by atoms with Crippen LogP contribution < -0.4 is 10.6 Å². The van der Waals surface area contributed by atoms with E-state index in [1.165, 1.54) is 18.0 Å². The van der Waals surface area contributed by atoms with Crippen LogP contribution in [0.15, 0.2) is 0 Å². The molecule has 0 aliphatic carbocycles. The van der Waals surface area contributed by atoms with E-state index < -0.39 is 0 Å². The Balaban J connectivity index is 1.95. The van der Waals surface area contributed by atoms with Crippen molar-refractivity contribution in [2.45, 2.75) is 19.8 Å². The summed E-state index contributed by atoms with van der Waals surface area (Å²) in [5.41, 5.74) is 5.55. The molecule has 0 amide bonds. The number of aromatic nitrogens is 2. The molecule has 2 heterocycles. The highest BCUT2D eigenvalue weighted by molar-refractivity contribution is 7.09. The molecule has 0 spiro atoms. The van der Waals surface area contributed by atoms with E-state index in [1.54, 1.807) is 0 Å². The van der Waals surface area contributed by atoms with E-state index in [0.29, 0.717) is 0 Å². The molecular formula is C9H16N4S. The van der Waals surface area contributed by atoms with Gasteiger partial charge in [0.2, 0.25) is 5.13 Å². The second-order valence-electron chi connectivity index (χ2n) is 3.80. The molecule has 1 saturated heterocycles. The van der Waals surface area contributed by atoms with Crippen molar-refractivity contribution in [3.8, 4) is 0 Å². The van der Waals surface area contributed by atoms with Crippen LogP contribution in [0, 0.1) is 12.8 Å². The fourth-order valence-corrected chi connectivity index (χ4v) is 2.60. The van der Waals surface area contributed by atoms with Gasteiger partial charge >= 0.3 is 0 Å². The monoisotopic (exact) mass is 212 g/mol. The van der Waals surface area contributed by atoms with E-state index in [1.807, 2.05) is 6.92 Å². The molecule has 1 aliphatic heterocycles. The summed E-state index contributed by atoms with van der Waals surface area (Å²) in [5, 5.41) is 1.07. The number of nitrogens with two attached hydrogens (primary N) is 1. The lowest BCUT2D eigenvalue weighted by molar-refractivity contribution is 0.546. The number of hydrogen-bond donors (Lipinski definition) is 1. The highest BCUT2D eigenvalue weighted by atomic mass is 32.1. The number of nitrogens with zero attached hydrogens (tertiary/aromatic N) is 3. The quantitative estimate of drug-likeness (QED) is 0.813. The molecule has 5 heteroatoms. The smallest absolute Gasteiger partial charge is 0.205 e.